The van der Waals surface area contributed by atoms with E-state index in [4.69, 9.17) is 0 Å². The van der Waals surface area contributed by atoms with Gasteiger partial charge < -0.3 is 10.1 Å². The van der Waals surface area contributed by atoms with E-state index < -0.39 is 35.3 Å². The van der Waals surface area contributed by atoms with Crippen molar-refractivity contribution in [1.82, 2.24) is 14.6 Å². The highest BCUT2D eigenvalue weighted by Gasteiger charge is 2.36. The normalized spacial score (nSPS) is 12.8. The Hall–Kier alpha value is -3.31. The van der Waals surface area contributed by atoms with Crippen molar-refractivity contribution >= 4 is 17.2 Å². The molecule has 0 fully saturated rings. The monoisotopic (exact) mass is 446 g/mol. The summed E-state index contributed by atoms with van der Waals surface area (Å²) < 4.78 is 81.4. The Balaban J connectivity index is 1.91. The van der Waals surface area contributed by atoms with E-state index in [1.54, 1.807) is 20.8 Å². The van der Waals surface area contributed by atoms with Crippen molar-refractivity contribution in [2.75, 3.05) is 5.32 Å². The number of amides is 1. The van der Waals surface area contributed by atoms with Gasteiger partial charge in [-0.15, -0.1) is 13.2 Å². The summed E-state index contributed by atoms with van der Waals surface area (Å²) in [5, 5.41) is 6.06. The van der Waals surface area contributed by atoms with Gasteiger partial charge in [0.25, 0.3) is 5.91 Å². The van der Waals surface area contributed by atoms with Gasteiger partial charge in [-0.25, -0.2) is 9.50 Å². The molecule has 0 aliphatic carbocycles. The number of benzene rings is 1. The molecular formula is C19H16F6N4O2. The second-order valence-electron chi connectivity index (χ2n) is 7.60. The van der Waals surface area contributed by atoms with Gasteiger partial charge in [0.1, 0.15) is 11.4 Å². The van der Waals surface area contributed by atoms with Crippen molar-refractivity contribution in [2.24, 2.45) is 0 Å². The van der Waals surface area contributed by atoms with Crippen LogP contribution < -0.4 is 10.1 Å². The maximum atomic E-state index is 13.5. The Labute approximate surface area is 171 Å². The molecule has 0 radical (unpaired) electrons. The zero-order valence-electron chi connectivity index (χ0n) is 16.4. The molecule has 2 aromatic heterocycles. The van der Waals surface area contributed by atoms with Gasteiger partial charge in [-0.05, 0) is 30.3 Å². The van der Waals surface area contributed by atoms with Crippen molar-refractivity contribution in [3.8, 4) is 5.75 Å². The van der Waals surface area contributed by atoms with E-state index in [1.165, 1.54) is 0 Å². The molecule has 3 rings (SSSR count). The van der Waals surface area contributed by atoms with Crippen LogP contribution in [0.1, 0.15) is 42.6 Å². The summed E-state index contributed by atoms with van der Waals surface area (Å²) in [4.78, 5) is 16.6. The first-order valence-electron chi connectivity index (χ1n) is 8.79. The topological polar surface area (TPSA) is 68.5 Å². The Bertz CT molecular complexity index is 1110. The van der Waals surface area contributed by atoms with Gasteiger partial charge in [-0.3, -0.25) is 4.79 Å². The number of ether oxygens (including phenoxy) is 1. The summed E-state index contributed by atoms with van der Waals surface area (Å²) in [6, 6.07) is 6.22. The third-order valence-corrected chi connectivity index (χ3v) is 4.06. The Kier molecular flexibility index (Phi) is 5.36. The predicted octanol–water partition coefficient (Wildman–Crippen LogP) is 5.20. The first kappa shape index (κ1) is 22.4. The number of aromatic nitrogens is 3. The SMILES string of the molecule is CC(C)(C)c1cc(C(F)(F)F)n2nc(C(=O)Nc3ccc(OC(F)(F)F)cc3)cc2n1. The third kappa shape index (κ3) is 5.25. The molecule has 0 aliphatic rings. The van der Waals surface area contributed by atoms with Crippen molar-refractivity contribution in [2.45, 2.75) is 38.7 Å². The molecule has 0 unspecified atom stereocenters. The van der Waals surface area contributed by atoms with Gasteiger partial charge in [0, 0.05) is 17.2 Å². The lowest BCUT2D eigenvalue weighted by atomic mass is 9.91. The summed E-state index contributed by atoms with van der Waals surface area (Å²) >= 11 is 0. The number of anilines is 1. The van der Waals surface area contributed by atoms with Crippen LogP contribution in [-0.2, 0) is 11.6 Å². The second-order valence-corrected chi connectivity index (χ2v) is 7.60. The zero-order chi connectivity index (χ0) is 23.2. The van der Waals surface area contributed by atoms with E-state index in [-0.39, 0.29) is 22.7 Å². The fraction of sp³-hybridized carbons (Fsp3) is 0.316. The number of hydrogen-bond acceptors (Lipinski definition) is 4. The van der Waals surface area contributed by atoms with Crippen LogP contribution in [0.3, 0.4) is 0 Å². The predicted molar refractivity (Wildman–Crippen MR) is 97.8 cm³/mol. The summed E-state index contributed by atoms with van der Waals surface area (Å²) in [5.74, 6) is -1.35. The summed E-state index contributed by atoms with van der Waals surface area (Å²) in [6.45, 7) is 5.09. The molecule has 3 aromatic rings. The van der Waals surface area contributed by atoms with Gasteiger partial charge in [0.05, 0.1) is 5.69 Å². The average Bonchev–Trinajstić information content (AvgIpc) is 3.04. The molecule has 0 saturated heterocycles. The zero-order valence-corrected chi connectivity index (χ0v) is 16.4. The molecule has 6 nitrogen and oxygen atoms in total. The van der Waals surface area contributed by atoms with Crippen LogP contribution in [0, 0.1) is 0 Å². The van der Waals surface area contributed by atoms with E-state index in [1.807, 2.05) is 0 Å². The lowest BCUT2D eigenvalue weighted by Gasteiger charge is -2.19. The van der Waals surface area contributed by atoms with E-state index in [9.17, 15) is 31.1 Å². The molecule has 0 aliphatic heterocycles. The fourth-order valence-electron chi connectivity index (χ4n) is 2.61. The summed E-state index contributed by atoms with van der Waals surface area (Å²) in [5.41, 5.74) is -2.03. The maximum absolute atomic E-state index is 13.5. The summed E-state index contributed by atoms with van der Waals surface area (Å²) in [6.07, 6.45) is -9.61. The van der Waals surface area contributed by atoms with Gasteiger partial charge in [-0.2, -0.15) is 18.3 Å². The number of carbonyl (C=O) groups excluding carboxylic acids is 1. The first-order valence-corrected chi connectivity index (χ1v) is 8.79. The average molecular weight is 446 g/mol. The lowest BCUT2D eigenvalue weighted by molar-refractivity contribution is -0.274. The highest BCUT2D eigenvalue weighted by molar-refractivity contribution is 6.03. The molecule has 12 heteroatoms. The Morgan fingerprint density at radius 2 is 1.61 bits per heavy atom. The number of nitrogens with one attached hydrogen (secondary N) is 1. The largest absolute Gasteiger partial charge is 0.573 e. The number of halogens is 6. The van der Waals surface area contributed by atoms with Crippen LogP contribution in [0.2, 0.25) is 0 Å². The van der Waals surface area contributed by atoms with Gasteiger partial charge in [-0.1, -0.05) is 20.8 Å². The molecule has 1 N–H and O–H groups in total. The number of hydrogen-bond donors (Lipinski definition) is 1. The molecule has 2 heterocycles. The molecule has 0 bridgehead atoms. The Morgan fingerprint density at radius 3 is 2.13 bits per heavy atom. The van der Waals surface area contributed by atoms with E-state index in [0.29, 0.717) is 4.52 Å². The van der Waals surface area contributed by atoms with Crippen LogP contribution in [0.4, 0.5) is 32.0 Å². The van der Waals surface area contributed by atoms with Gasteiger partial charge in [0.15, 0.2) is 11.3 Å². The standard InChI is InChI=1S/C19H16F6N4O2/c1-17(2,3)13-9-14(18(20,21)22)29-15(27-13)8-12(28-29)16(30)26-10-4-6-11(7-5-10)31-19(23,24)25/h4-9H,1-3H3,(H,26,30). The van der Waals surface area contributed by atoms with E-state index in [0.717, 1.165) is 36.4 Å². The molecule has 1 aromatic carbocycles. The quantitative estimate of drug-likeness (QED) is 0.562. The minimum Gasteiger partial charge on any atom is -0.406 e. The third-order valence-electron chi connectivity index (χ3n) is 4.06. The number of nitrogens with zero attached hydrogens (tertiary/aromatic N) is 3. The molecular weight excluding hydrogens is 430 g/mol. The molecule has 0 spiro atoms. The molecule has 166 valence electrons. The highest BCUT2D eigenvalue weighted by Crippen LogP contribution is 2.33. The second kappa shape index (κ2) is 7.43. The minimum atomic E-state index is -4.86. The van der Waals surface area contributed by atoms with Crippen LogP contribution >= 0.6 is 0 Å². The molecule has 31 heavy (non-hydrogen) atoms. The van der Waals surface area contributed by atoms with Crippen LogP contribution in [-0.4, -0.2) is 26.9 Å². The van der Waals surface area contributed by atoms with Crippen molar-refractivity contribution < 1.29 is 35.9 Å². The smallest absolute Gasteiger partial charge is 0.406 e. The van der Waals surface area contributed by atoms with Crippen LogP contribution in [0.5, 0.6) is 5.75 Å². The number of alkyl halides is 6. The van der Waals surface area contributed by atoms with Crippen molar-refractivity contribution in [3.05, 3.63) is 53.5 Å². The lowest BCUT2D eigenvalue weighted by Crippen LogP contribution is -2.20. The Morgan fingerprint density at radius 1 is 1.00 bits per heavy atom. The number of rotatable bonds is 3. The molecule has 1 amide bonds. The highest BCUT2D eigenvalue weighted by atomic mass is 19.4. The fourth-order valence-corrected chi connectivity index (χ4v) is 2.61. The maximum Gasteiger partial charge on any atom is 0.573 e. The molecule has 0 atom stereocenters. The number of carbonyl (C=O) groups is 1. The summed E-state index contributed by atoms with van der Waals surface area (Å²) in [7, 11) is 0. The van der Waals surface area contributed by atoms with Crippen molar-refractivity contribution in [3.63, 3.8) is 0 Å². The van der Waals surface area contributed by atoms with Gasteiger partial charge in [0.2, 0.25) is 0 Å². The molecule has 0 saturated carbocycles. The van der Waals surface area contributed by atoms with Crippen LogP contribution in [0.25, 0.3) is 5.65 Å². The van der Waals surface area contributed by atoms with E-state index >= 15 is 0 Å². The first-order chi connectivity index (χ1) is 14.1. The number of fused-ring (bicyclic) bond motifs is 1. The van der Waals surface area contributed by atoms with E-state index in [2.05, 4.69) is 20.1 Å². The van der Waals surface area contributed by atoms with Gasteiger partial charge >= 0.3 is 12.5 Å². The minimum absolute atomic E-state index is 0.0935. The van der Waals surface area contributed by atoms with Crippen LogP contribution in [0.15, 0.2) is 36.4 Å². The van der Waals surface area contributed by atoms with Crippen molar-refractivity contribution in [1.29, 1.82) is 0 Å².